The predicted molar refractivity (Wildman–Crippen MR) is 76.7 cm³/mol. The minimum Gasteiger partial charge on any atom is -0.480 e. The quantitative estimate of drug-likeness (QED) is 0.887. The molecule has 124 valence electrons. The smallest absolute Gasteiger partial charge is 0.419 e. The molecule has 23 heavy (non-hydrogen) atoms. The standard InChI is InChI=1S/C15H16F3N3O2/c1-9-11(8-20-21-9)7-19-14(22)10(2)23-13-6-4-3-5-12(13)15(16,17)18/h3-6,8,10H,7H2,1-2H3,(H,19,22)(H,20,21)/t10-/m1/s1. The lowest BCUT2D eigenvalue weighted by atomic mass is 10.2. The number of halogens is 3. The zero-order valence-electron chi connectivity index (χ0n) is 12.6. The van der Waals surface area contributed by atoms with E-state index in [4.69, 9.17) is 4.74 Å². The Balaban J connectivity index is 2.00. The molecule has 0 spiro atoms. The van der Waals surface area contributed by atoms with Gasteiger partial charge in [-0.05, 0) is 26.0 Å². The number of aromatic amines is 1. The first kappa shape index (κ1) is 16.9. The summed E-state index contributed by atoms with van der Waals surface area (Å²) < 4.78 is 43.8. The number of nitrogens with one attached hydrogen (secondary N) is 2. The fourth-order valence-corrected chi connectivity index (χ4v) is 1.93. The number of H-pyrrole nitrogens is 1. The van der Waals surface area contributed by atoms with Gasteiger partial charge in [0.05, 0.1) is 11.8 Å². The van der Waals surface area contributed by atoms with Gasteiger partial charge in [0.1, 0.15) is 5.75 Å². The molecule has 1 heterocycles. The van der Waals surface area contributed by atoms with Gasteiger partial charge in [-0.25, -0.2) is 0 Å². The van der Waals surface area contributed by atoms with Crippen molar-refractivity contribution in [2.45, 2.75) is 32.7 Å². The summed E-state index contributed by atoms with van der Waals surface area (Å²) in [5.74, 6) is -0.885. The summed E-state index contributed by atoms with van der Waals surface area (Å²) in [7, 11) is 0. The summed E-state index contributed by atoms with van der Waals surface area (Å²) in [4.78, 5) is 12.0. The van der Waals surface area contributed by atoms with Crippen molar-refractivity contribution in [3.05, 3.63) is 47.3 Å². The maximum Gasteiger partial charge on any atom is 0.419 e. The van der Waals surface area contributed by atoms with Gasteiger partial charge in [0.15, 0.2) is 6.10 Å². The summed E-state index contributed by atoms with van der Waals surface area (Å²) in [6.07, 6.45) is -4.04. The van der Waals surface area contributed by atoms with Crippen LogP contribution in [0.4, 0.5) is 13.2 Å². The summed E-state index contributed by atoms with van der Waals surface area (Å²) in [5, 5.41) is 9.15. The fraction of sp³-hybridized carbons (Fsp3) is 0.333. The number of para-hydroxylation sites is 1. The van der Waals surface area contributed by atoms with Crippen molar-refractivity contribution in [2.75, 3.05) is 0 Å². The van der Waals surface area contributed by atoms with E-state index in [0.29, 0.717) is 0 Å². The third-order valence-electron chi connectivity index (χ3n) is 3.25. The highest BCUT2D eigenvalue weighted by molar-refractivity contribution is 5.80. The second-order valence-corrected chi connectivity index (χ2v) is 4.99. The van der Waals surface area contributed by atoms with Gasteiger partial charge in [-0.1, -0.05) is 12.1 Å². The van der Waals surface area contributed by atoms with E-state index < -0.39 is 23.8 Å². The summed E-state index contributed by atoms with van der Waals surface area (Å²) in [6, 6.07) is 4.79. The molecule has 0 unspecified atom stereocenters. The largest absolute Gasteiger partial charge is 0.480 e. The minimum atomic E-state index is -4.54. The number of hydrogen-bond donors (Lipinski definition) is 2. The van der Waals surface area contributed by atoms with Gasteiger partial charge in [-0.15, -0.1) is 0 Å². The number of aromatic nitrogens is 2. The minimum absolute atomic E-state index is 0.218. The maximum atomic E-state index is 12.9. The van der Waals surface area contributed by atoms with Crippen LogP contribution in [0.5, 0.6) is 5.75 Å². The molecule has 1 aromatic carbocycles. The van der Waals surface area contributed by atoms with Gasteiger partial charge < -0.3 is 10.1 Å². The van der Waals surface area contributed by atoms with Gasteiger partial charge in [-0.3, -0.25) is 9.89 Å². The Kier molecular flexibility index (Phi) is 4.92. The predicted octanol–water partition coefficient (Wildman–Crippen LogP) is 2.82. The van der Waals surface area contributed by atoms with Gasteiger partial charge in [0, 0.05) is 17.8 Å². The van der Waals surface area contributed by atoms with Crippen LogP contribution in [-0.2, 0) is 17.5 Å². The molecule has 1 atom stereocenters. The van der Waals surface area contributed by atoms with Gasteiger partial charge in [0.2, 0.25) is 0 Å². The van der Waals surface area contributed by atoms with E-state index in [0.717, 1.165) is 17.3 Å². The Bertz CT molecular complexity index is 683. The van der Waals surface area contributed by atoms with Crippen molar-refractivity contribution in [2.24, 2.45) is 0 Å². The highest BCUT2D eigenvalue weighted by Crippen LogP contribution is 2.36. The molecule has 0 fully saturated rings. The molecule has 5 nitrogen and oxygen atoms in total. The van der Waals surface area contributed by atoms with Crippen LogP contribution in [0.2, 0.25) is 0 Å². The molecule has 0 aliphatic heterocycles. The fourth-order valence-electron chi connectivity index (χ4n) is 1.93. The highest BCUT2D eigenvalue weighted by Gasteiger charge is 2.34. The van der Waals surface area contributed by atoms with Crippen molar-refractivity contribution in [1.29, 1.82) is 0 Å². The molecule has 0 radical (unpaired) electrons. The lowest BCUT2D eigenvalue weighted by molar-refractivity contribution is -0.140. The SMILES string of the molecule is Cc1[nH]ncc1CNC(=O)[C@@H](C)Oc1ccccc1C(F)(F)F. The first-order valence-corrected chi connectivity index (χ1v) is 6.88. The van der Waals surface area contributed by atoms with E-state index >= 15 is 0 Å². The number of alkyl halides is 3. The molecule has 0 aliphatic rings. The van der Waals surface area contributed by atoms with Gasteiger partial charge in [-0.2, -0.15) is 18.3 Å². The first-order valence-electron chi connectivity index (χ1n) is 6.88. The molecule has 8 heteroatoms. The van der Waals surface area contributed by atoms with Crippen LogP contribution in [0.25, 0.3) is 0 Å². The molecule has 2 aromatic rings. The Labute approximate surface area is 130 Å². The van der Waals surface area contributed by atoms with E-state index in [9.17, 15) is 18.0 Å². The molecular weight excluding hydrogens is 311 g/mol. The summed E-state index contributed by atoms with van der Waals surface area (Å²) in [6.45, 7) is 3.41. The van der Waals surface area contributed by atoms with Crippen molar-refractivity contribution < 1.29 is 22.7 Å². The maximum absolute atomic E-state index is 12.9. The van der Waals surface area contributed by atoms with Crippen molar-refractivity contribution >= 4 is 5.91 Å². The summed E-state index contributed by atoms with van der Waals surface area (Å²) in [5.41, 5.74) is 0.688. The van der Waals surface area contributed by atoms with Crippen LogP contribution < -0.4 is 10.1 Å². The third-order valence-corrected chi connectivity index (χ3v) is 3.25. The summed E-state index contributed by atoms with van der Waals surface area (Å²) >= 11 is 0. The zero-order chi connectivity index (χ0) is 17.0. The van der Waals surface area contributed by atoms with E-state index in [1.165, 1.54) is 25.1 Å². The molecule has 2 N–H and O–H groups in total. The van der Waals surface area contributed by atoms with E-state index in [-0.39, 0.29) is 12.3 Å². The number of carbonyl (C=O) groups excluding carboxylic acids is 1. The number of ether oxygens (including phenoxy) is 1. The van der Waals surface area contributed by atoms with Crippen molar-refractivity contribution in [1.82, 2.24) is 15.5 Å². The van der Waals surface area contributed by atoms with Gasteiger partial charge in [0.25, 0.3) is 5.91 Å². The number of carbonyl (C=O) groups is 1. The molecule has 0 saturated heterocycles. The Morgan fingerprint density at radius 3 is 2.70 bits per heavy atom. The molecule has 1 amide bonds. The second-order valence-electron chi connectivity index (χ2n) is 4.99. The molecule has 0 aliphatic carbocycles. The topological polar surface area (TPSA) is 67.0 Å². The van der Waals surface area contributed by atoms with Crippen LogP contribution in [-0.4, -0.2) is 22.2 Å². The number of aryl methyl sites for hydroxylation is 1. The number of hydrogen-bond acceptors (Lipinski definition) is 3. The van der Waals surface area contributed by atoms with Crippen LogP contribution >= 0.6 is 0 Å². The van der Waals surface area contributed by atoms with E-state index in [1.54, 1.807) is 13.1 Å². The number of amides is 1. The average molecular weight is 327 g/mol. The lowest BCUT2D eigenvalue weighted by Gasteiger charge is -2.18. The average Bonchev–Trinajstić information content (AvgIpc) is 2.89. The highest BCUT2D eigenvalue weighted by atomic mass is 19.4. The molecule has 0 saturated carbocycles. The Morgan fingerprint density at radius 2 is 2.09 bits per heavy atom. The van der Waals surface area contributed by atoms with Crippen LogP contribution in [0.1, 0.15) is 23.7 Å². The number of benzene rings is 1. The first-order chi connectivity index (χ1) is 10.8. The third kappa shape index (κ3) is 4.24. The van der Waals surface area contributed by atoms with Crippen molar-refractivity contribution in [3.8, 4) is 5.75 Å². The second kappa shape index (κ2) is 6.72. The Morgan fingerprint density at radius 1 is 1.39 bits per heavy atom. The zero-order valence-corrected chi connectivity index (χ0v) is 12.6. The number of nitrogens with zero attached hydrogens (tertiary/aromatic N) is 1. The Hall–Kier alpha value is -2.51. The van der Waals surface area contributed by atoms with E-state index in [2.05, 4.69) is 15.5 Å². The molecule has 0 bridgehead atoms. The molecule has 2 rings (SSSR count). The van der Waals surface area contributed by atoms with Crippen LogP contribution in [0, 0.1) is 6.92 Å². The van der Waals surface area contributed by atoms with Crippen molar-refractivity contribution in [3.63, 3.8) is 0 Å². The molecule has 1 aromatic heterocycles. The lowest BCUT2D eigenvalue weighted by Crippen LogP contribution is -2.36. The van der Waals surface area contributed by atoms with Crippen LogP contribution in [0.15, 0.2) is 30.5 Å². The normalized spacial score (nSPS) is 12.7. The van der Waals surface area contributed by atoms with Crippen LogP contribution in [0.3, 0.4) is 0 Å². The van der Waals surface area contributed by atoms with Gasteiger partial charge >= 0.3 is 6.18 Å². The number of rotatable bonds is 5. The monoisotopic (exact) mass is 327 g/mol. The molecular formula is C15H16F3N3O2. The van der Waals surface area contributed by atoms with E-state index in [1.807, 2.05) is 0 Å².